The van der Waals surface area contributed by atoms with Crippen LogP contribution in [0.3, 0.4) is 0 Å². The molecule has 0 spiro atoms. The van der Waals surface area contributed by atoms with Crippen molar-refractivity contribution in [1.29, 1.82) is 0 Å². The number of hydrogen-bond acceptors (Lipinski definition) is 10. The summed E-state index contributed by atoms with van der Waals surface area (Å²) in [6.45, 7) is 5.78. The van der Waals surface area contributed by atoms with Crippen molar-refractivity contribution < 1.29 is 45.0 Å². The van der Waals surface area contributed by atoms with Crippen molar-refractivity contribution in [3.63, 3.8) is 0 Å². The Labute approximate surface area is 183 Å². The Kier molecular flexibility index (Phi) is 11.0. The van der Waals surface area contributed by atoms with Gasteiger partial charge in [0.05, 0.1) is 24.7 Å². The van der Waals surface area contributed by atoms with E-state index >= 15 is 0 Å². The van der Waals surface area contributed by atoms with Gasteiger partial charge in [0.2, 0.25) is 0 Å². The summed E-state index contributed by atoms with van der Waals surface area (Å²) in [5, 5.41) is 17.7. The van der Waals surface area contributed by atoms with Crippen LogP contribution < -0.4 is 11.5 Å². The van der Waals surface area contributed by atoms with Gasteiger partial charge in [-0.2, -0.15) is 16.8 Å². The van der Waals surface area contributed by atoms with Crippen LogP contribution in [0.15, 0.2) is 0 Å². The molecule has 184 valence electrons. The fourth-order valence-corrected chi connectivity index (χ4v) is 4.92. The van der Waals surface area contributed by atoms with Crippen LogP contribution in [0.2, 0.25) is 0 Å². The minimum atomic E-state index is -4.05. The van der Waals surface area contributed by atoms with Crippen LogP contribution in [0, 0.1) is 10.8 Å². The fourth-order valence-electron chi connectivity index (χ4n) is 2.51. The molecule has 0 aromatic rings. The Morgan fingerprint density at radius 3 is 1.32 bits per heavy atom. The Balaban J connectivity index is 4.57. The highest BCUT2D eigenvalue weighted by Gasteiger charge is 2.29. The number of rotatable bonds is 16. The summed E-state index contributed by atoms with van der Waals surface area (Å²) in [7, 11) is -8.10. The molecule has 14 heteroatoms. The van der Waals surface area contributed by atoms with E-state index in [0.29, 0.717) is 0 Å². The van der Waals surface area contributed by atoms with Gasteiger partial charge in [-0.05, 0) is 30.1 Å². The normalized spacial score (nSPS) is 15.4. The zero-order chi connectivity index (χ0) is 24.7. The SMILES string of the molecule is CC(C)(COS(=O)(=O)CCCS(=O)(=O)OCC(C)(C)C[C@@H](N)C(=O)O)C[C@@H](N)C(=O)O. The zero-order valence-corrected chi connectivity index (χ0v) is 19.9. The number of nitrogens with two attached hydrogens (primary N) is 2. The van der Waals surface area contributed by atoms with E-state index in [-0.39, 0.29) is 32.5 Å². The van der Waals surface area contributed by atoms with Crippen molar-refractivity contribution in [3.8, 4) is 0 Å². The second-order valence-corrected chi connectivity index (χ2v) is 12.5. The standard InChI is InChI=1S/C17H34N2O10S2/c1-16(2,8-12(18)14(20)21)10-28-30(24,25)6-5-7-31(26,27)29-11-17(3,4)9-13(19)15(22)23/h12-13H,5-11,18-19H2,1-4H3,(H,20,21)(H,22,23)/t12-,13-/m1/s1. The molecule has 0 saturated carbocycles. The molecule has 31 heavy (non-hydrogen) atoms. The molecule has 0 radical (unpaired) electrons. The molecule has 0 saturated heterocycles. The van der Waals surface area contributed by atoms with E-state index in [1.807, 2.05) is 0 Å². The third kappa shape index (κ3) is 13.6. The van der Waals surface area contributed by atoms with Crippen LogP contribution in [0.25, 0.3) is 0 Å². The predicted octanol–water partition coefficient (Wildman–Crippen LogP) is -0.274. The Bertz CT molecular complexity index is 754. The number of aliphatic carboxylic acids is 2. The van der Waals surface area contributed by atoms with Gasteiger partial charge in [-0.3, -0.25) is 18.0 Å². The lowest BCUT2D eigenvalue weighted by Gasteiger charge is -2.26. The summed E-state index contributed by atoms with van der Waals surface area (Å²) in [4.78, 5) is 21.7. The molecule has 0 heterocycles. The van der Waals surface area contributed by atoms with E-state index in [4.69, 9.17) is 30.0 Å². The molecule has 2 atom stereocenters. The average Bonchev–Trinajstić information content (AvgIpc) is 2.57. The van der Waals surface area contributed by atoms with Crippen molar-refractivity contribution in [3.05, 3.63) is 0 Å². The monoisotopic (exact) mass is 490 g/mol. The molecule has 0 aliphatic heterocycles. The topological polar surface area (TPSA) is 213 Å². The van der Waals surface area contributed by atoms with E-state index < -0.39 is 66.6 Å². The Morgan fingerprint density at radius 2 is 1.06 bits per heavy atom. The maximum absolute atomic E-state index is 12.0. The quantitative estimate of drug-likeness (QED) is 0.206. The predicted molar refractivity (Wildman–Crippen MR) is 112 cm³/mol. The largest absolute Gasteiger partial charge is 0.480 e. The van der Waals surface area contributed by atoms with Crippen molar-refractivity contribution >= 4 is 32.2 Å². The first-order valence-corrected chi connectivity index (χ1v) is 12.6. The maximum atomic E-state index is 12.0. The second-order valence-electron chi connectivity index (χ2n) is 9.03. The van der Waals surface area contributed by atoms with Crippen molar-refractivity contribution in [2.24, 2.45) is 22.3 Å². The van der Waals surface area contributed by atoms with Gasteiger partial charge in [0, 0.05) is 0 Å². The highest BCUT2D eigenvalue weighted by atomic mass is 32.2. The van der Waals surface area contributed by atoms with Gasteiger partial charge in [0.25, 0.3) is 20.2 Å². The van der Waals surface area contributed by atoms with Gasteiger partial charge < -0.3 is 21.7 Å². The molecule has 0 aliphatic carbocycles. The molecule has 0 amide bonds. The lowest BCUT2D eigenvalue weighted by molar-refractivity contribution is -0.140. The molecule has 0 bridgehead atoms. The van der Waals surface area contributed by atoms with Crippen LogP contribution in [-0.2, 0) is 38.2 Å². The summed E-state index contributed by atoms with van der Waals surface area (Å²) in [5.74, 6) is -3.59. The molecular formula is C17H34N2O10S2. The van der Waals surface area contributed by atoms with Crippen LogP contribution in [0.1, 0.15) is 47.0 Å². The van der Waals surface area contributed by atoms with Gasteiger partial charge >= 0.3 is 11.9 Å². The Hall–Kier alpha value is -1.32. The van der Waals surface area contributed by atoms with Gasteiger partial charge in [-0.25, -0.2) is 0 Å². The Morgan fingerprint density at radius 1 is 0.774 bits per heavy atom. The summed E-state index contributed by atoms with van der Waals surface area (Å²) in [6.07, 6.45) is -0.308. The summed E-state index contributed by atoms with van der Waals surface area (Å²) in [5.41, 5.74) is 9.24. The zero-order valence-electron chi connectivity index (χ0n) is 18.2. The fraction of sp³-hybridized carbons (Fsp3) is 0.882. The van der Waals surface area contributed by atoms with Crippen molar-refractivity contribution in [1.82, 2.24) is 0 Å². The first-order chi connectivity index (χ1) is 13.8. The maximum Gasteiger partial charge on any atom is 0.320 e. The van der Waals surface area contributed by atoms with Crippen molar-refractivity contribution in [2.75, 3.05) is 24.7 Å². The van der Waals surface area contributed by atoms with E-state index in [1.165, 1.54) is 0 Å². The van der Waals surface area contributed by atoms with Crippen LogP contribution in [0.4, 0.5) is 0 Å². The van der Waals surface area contributed by atoms with E-state index in [9.17, 15) is 26.4 Å². The molecule has 0 aromatic carbocycles. The second kappa shape index (κ2) is 11.5. The van der Waals surface area contributed by atoms with Crippen molar-refractivity contribution in [2.45, 2.75) is 59.0 Å². The van der Waals surface area contributed by atoms with Gasteiger partial charge in [0.15, 0.2) is 0 Å². The minimum absolute atomic E-state index is 0.0125. The highest BCUT2D eigenvalue weighted by molar-refractivity contribution is 7.87. The lowest BCUT2D eigenvalue weighted by atomic mass is 9.87. The number of carboxylic acids is 2. The summed E-state index contributed by atoms with van der Waals surface area (Å²) >= 11 is 0. The van der Waals surface area contributed by atoms with Gasteiger partial charge in [0.1, 0.15) is 12.1 Å². The summed E-state index contributed by atoms with van der Waals surface area (Å²) in [6, 6.07) is -2.34. The van der Waals surface area contributed by atoms with Crippen LogP contribution >= 0.6 is 0 Å². The molecule has 0 unspecified atom stereocenters. The molecule has 0 rings (SSSR count). The minimum Gasteiger partial charge on any atom is -0.480 e. The molecule has 0 aliphatic rings. The van der Waals surface area contributed by atoms with Gasteiger partial charge in [-0.1, -0.05) is 27.7 Å². The van der Waals surface area contributed by atoms with E-state index in [1.54, 1.807) is 27.7 Å². The molecule has 6 N–H and O–H groups in total. The first kappa shape index (κ1) is 29.7. The smallest absolute Gasteiger partial charge is 0.320 e. The lowest BCUT2D eigenvalue weighted by Crippen LogP contribution is -2.37. The van der Waals surface area contributed by atoms with Gasteiger partial charge in [-0.15, -0.1) is 0 Å². The molecule has 0 fully saturated rings. The van der Waals surface area contributed by atoms with E-state index in [2.05, 4.69) is 0 Å². The third-order valence-electron chi connectivity index (χ3n) is 4.23. The third-order valence-corrected chi connectivity index (χ3v) is 6.76. The number of hydrogen-bond donors (Lipinski definition) is 4. The molecule has 0 aromatic heterocycles. The molecule has 12 nitrogen and oxygen atoms in total. The average molecular weight is 491 g/mol. The number of carbonyl (C=O) groups is 2. The van der Waals surface area contributed by atoms with Crippen LogP contribution in [0.5, 0.6) is 0 Å². The van der Waals surface area contributed by atoms with Crippen LogP contribution in [-0.4, -0.2) is 75.8 Å². The highest BCUT2D eigenvalue weighted by Crippen LogP contribution is 2.24. The first-order valence-electron chi connectivity index (χ1n) is 9.48. The van der Waals surface area contributed by atoms with E-state index in [0.717, 1.165) is 0 Å². The number of carboxylic acid groups (broad SMARTS) is 2. The summed E-state index contributed by atoms with van der Waals surface area (Å²) < 4.78 is 57.8. The molecular weight excluding hydrogens is 456 g/mol.